The van der Waals surface area contributed by atoms with E-state index in [-0.39, 0.29) is 0 Å². The van der Waals surface area contributed by atoms with Gasteiger partial charge in [0.15, 0.2) is 0 Å². The fourth-order valence-electron chi connectivity index (χ4n) is 6.07. The zero-order valence-electron chi connectivity index (χ0n) is 22.3. The number of rotatable bonds is 8. The topological polar surface area (TPSA) is 70.5 Å². The van der Waals surface area contributed by atoms with Crippen LogP contribution < -0.4 is 10.1 Å². The number of benzene rings is 4. The second-order valence-corrected chi connectivity index (χ2v) is 11.1. The van der Waals surface area contributed by atoms with Crippen LogP contribution in [0.4, 0.5) is 11.5 Å². The average molecular weight is 529 g/mol. The van der Waals surface area contributed by atoms with Crippen molar-refractivity contribution in [2.75, 3.05) is 25.0 Å². The molecule has 1 aliphatic heterocycles. The van der Waals surface area contributed by atoms with Crippen LogP contribution in [0.25, 0.3) is 22.0 Å². The Hall–Kier alpha value is -4.26. The molecule has 1 saturated carbocycles. The molecule has 0 bridgehead atoms. The molecular formula is C34H32N4O2. The number of hydrogen-bond donors (Lipinski definition) is 2. The van der Waals surface area contributed by atoms with Crippen LogP contribution in [0.15, 0.2) is 103 Å². The molecule has 4 aromatic carbocycles. The summed E-state index contributed by atoms with van der Waals surface area (Å²) < 4.78 is 5.92. The number of nitrogens with one attached hydrogen (secondary N) is 1. The van der Waals surface area contributed by atoms with Gasteiger partial charge in [-0.25, -0.2) is 9.97 Å². The standard InChI is InChI=1S/C34H32N4O2/c39-21-27-19-34(27)16-17-38(22-34)20-24-6-8-25(9-7-24)26-10-15-32-31(18-26)33(36-23-35-32)37-28-11-13-30(14-12-28)40-29-4-2-1-3-5-29/h1-15,18,23,27,39H,16-17,19-22H2,(H,35,36,37). The summed E-state index contributed by atoms with van der Waals surface area (Å²) in [7, 11) is 0. The summed E-state index contributed by atoms with van der Waals surface area (Å²) in [6.07, 6.45) is 4.01. The van der Waals surface area contributed by atoms with Gasteiger partial charge in [0.25, 0.3) is 0 Å². The van der Waals surface area contributed by atoms with Gasteiger partial charge in [0, 0.05) is 30.8 Å². The lowest BCUT2D eigenvalue weighted by Crippen LogP contribution is -2.21. The van der Waals surface area contributed by atoms with Crippen LogP contribution >= 0.6 is 0 Å². The molecule has 1 spiro atoms. The average Bonchev–Trinajstić information content (AvgIpc) is 3.54. The maximum Gasteiger partial charge on any atom is 0.141 e. The van der Waals surface area contributed by atoms with Crippen LogP contribution in [0.2, 0.25) is 0 Å². The van der Waals surface area contributed by atoms with E-state index in [1.165, 1.54) is 24.0 Å². The highest BCUT2D eigenvalue weighted by Crippen LogP contribution is 2.58. The van der Waals surface area contributed by atoms with E-state index in [0.717, 1.165) is 59.1 Å². The van der Waals surface area contributed by atoms with Crippen molar-refractivity contribution in [2.24, 2.45) is 11.3 Å². The molecule has 7 rings (SSSR count). The number of anilines is 2. The van der Waals surface area contributed by atoms with E-state index in [0.29, 0.717) is 17.9 Å². The summed E-state index contributed by atoms with van der Waals surface area (Å²) in [6.45, 7) is 3.55. The van der Waals surface area contributed by atoms with E-state index < -0.39 is 0 Å². The van der Waals surface area contributed by atoms with Crippen LogP contribution in [0.1, 0.15) is 18.4 Å². The van der Waals surface area contributed by atoms with Gasteiger partial charge in [0.1, 0.15) is 23.6 Å². The number of likely N-dealkylation sites (tertiary alicyclic amines) is 1. The van der Waals surface area contributed by atoms with Gasteiger partial charge in [-0.2, -0.15) is 0 Å². The van der Waals surface area contributed by atoms with Crippen LogP contribution in [0.5, 0.6) is 11.5 Å². The largest absolute Gasteiger partial charge is 0.457 e. The second kappa shape index (κ2) is 10.4. The Labute approximate surface area is 234 Å². The van der Waals surface area contributed by atoms with Gasteiger partial charge in [0.2, 0.25) is 0 Å². The normalized spacial score (nSPS) is 20.2. The molecule has 0 radical (unpaired) electrons. The number of ether oxygens (including phenoxy) is 1. The van der Waals surface area contributed by atoms with Gasteiger partial charge in [0.05, 0.1) is 5.52 Å². The van der Waals surface area contributed by atoms with E-state index in [9.17, 15) is 5.11 Å². The lowest BCUT2D eigenvalue weighted by Gasteiger charge is -2.16. The molecule has 6 heteroatoms. The zero-order valence-corrected chi connectivity index (χ0v) is 22.3. The molecular weight excluding hydrogens is 496 g/mol. The summed E-state index contributed by atoms with van der Waals surface area (Å²) in [5.74, 6) is 2.87. The van der Waals surface area contributed by atoms with Crippen molar-refractivity contribution in [3.8, 4) is 22.6 Å². The molecule has 40 heavy (non-hydrogen) atoms. The minimum atomic E-state index is 0.340. The monoisotopic (exact) mass is 528 g/mol. The predicted molar refractivity (Wildman–Crippen MR) is 159 cm³/mol. The lowest BCUT2D eigenvalue weighted by atomic mass is 10.0. The van der Waals surface area contributed by atoms with E-state index >= 15 is 0 Å². The Bertz CT molecular complexity index is 1620. The molecule has 200 valence electrons. The summed E-state index contributed by atoms with van der Waals surface area (Å²) >= 11 is 0. The van der Waals surface area contributed by atoms with E-state index in [1.807, 2.05) is 54.6 Å². The smallest absolute Gasteiger partial charge is 0.141 e. The molecule has 1 aromatic heterocycles. The lowest BCUT2D eigenvalue weighted by molar-refractivity contribution is 0.242. The number of aromatic nitrogens is 2. The summed E-state index contributed by atoms with van der Waals surface area (Å²) in [6, 6.07) is 32.9. The molecule has 2 fully saturated rings. The van der Waals surface area contributed by atoms with Crippen molar-refractivity contribution < 1.29 is 9.84 Å². The molecule has 1 saturated heterocycles. The number of fused-ring (bicyclic) bond motifs is 1. The third-order valence-electron chi connectivity index (χ3n) is 8.47. The molecule has 2 N–H and O–H groups in total. The van der Waals surface area contributed by atoms with Crippen LogP contribution in [-0.4, -0.2) is 39.7 Å². The van der Waals surface area contributed by atoms with Crippen molar-refractivity contribution >= 4 is 22.4 Å². The fraction of sp³-hybridized carbons (Fsp3) is 0.235. The van der Waals surface area contributed by atoms with Gasteiger partial charge in [-0.15, -0.1) is 0 Å². The molecule has 2 atom stereocenters. The maximum atomic E-state index is 9.52. The van der Waals surface area contributed by atoms with Crippen LogP contribution in [0.3, 0.4) is 0 Å². The molecule has 2 heterocycles. The third-order valence-corrected chi connectivity index (χ3v) is 8.47. The van der Waals surface area contributed by atoms with Crippen molar-refractivity contribution in [2.45, 2.75) is 19.4 Å². The molecule has 0 amide bonds. The minimum Gasteiger partial charge on any atom is -0.457 e. The highest BCUT2D eigenvalue weighted by Gasteiger charge is 2.56. The highest BCUT2D eigenvalue weighted by atomic mass is 16.5. The zero-order chi connectivity index (χ0) is 26.9. The summed E-state index contributed by atoms with van der Waals surface area (Å²) in [5, 5.41) is 14.0. The second-order valence-electron chi connectivity index (χ2n) is 11.1. The van der Waals surface area contributed by atoms with Gasteiger partial charge < -0.3 is 15.2 Å². The molecule has 5 aromatic rings. The van der Waals surface area contributed by atoms with Crippen molar-refractivity contribution in [1.29, 1.82) is 0 Å². The van der Waals surface area contributed by atoms with Crippen molar-refractivity contribution in [3.05, 3.63) is 109 Å². The van der Waals surface area contributed by atoms with Crippen LogP contribution in [-0.2, 0) is 6.54 Å². The SMILES string of the molecule is OCC1CC12CCN(Cc1ccc(-c3ccc4ncnc(Nc5ccc(Oc6ccccc6)cc5)c4c3)cc1)C2. The third kappa shape index (κ3) is 5.04. The Morgan fingerprint density at radius 2 is 1.65 bits per heavy atom. The van der Waals surface area contributed by atoms with Gasteiger partial charge in [-0.05, 0) is 95.9 Å². The predicted octanol–water partition coefficient (Wildman–Crippen LogP) is 7.04. The summed E-state index contributed by atoms with van der Waals surface area (Å²) in [5.41, 5.74) is 5.84. The van der Waals surface area contributed by atoms with Gasteiger partial charge in [-0.1, -0.05) is 48.5 Å². The Balaban J connectivity index is 1.06. The number of para-hydroxylation sites is 1. The molecule has 2 aliphatic rings. The Morgan fingerprint density at radius 3 is 2.42 bits per heavy atom. The first-order valence-corrected chi connectivity index (χ1v) is 13.9. The Morgan fingerprint density at radius 1 is 0.875 bits per heavy atom. The minimum absolute atomic E-state index is 0.340. The van der Waals surface area contributed by atoms with E-state index in [2.05, 4.69) is 62.6 Å². The van der Waals surface area contributed by atoms with Crippen molar-refractivity contribution in [3.63, 3.8) is 0 Å². The number of aliphatic hydroxyl groups excluding tert-OH is 1. The Kier molecular flexibility index (Phi) is 6.42. The first-order chi connectivity index (χ1) is 19.7. The molecule has 2 unspecified atom stereocenters. The van der Waals surface area contributed by atoms with Gasteiger partial charge in [-0.3, -0.25) is 4.90 Å². The maximum absolute atomic E-state index is 9.52. The van der Waals surface area contributed by atoms with Crippen molar-refractivity contribution in [1.82, 2.24) is 14.9 Å². The fourth-order valence-corrected chi connectivity index (χ4v) is 6.07. The van der Waals surface area contributed by atoms with E-state index in [1.54, 1.807) is 6.33 Å². The van der Waals surface area contributed by atoms with Gasteiger partial charge >= 0.3 is 0 Å². The molecule has 1 aliphatic carbocycles. The quantitative estimate of drug-likeness (QED) is 0.225. The molecule has 6 nitrogen and oxygen atoms in total. The number of aliphatic hydroxyl groups is 1. The summed E-state index contributed by atoms with van der Waals surface area (Å²) in [4.78, 5) is 11.6. The number of hydrogen-bond acceptors (Lipinski definition) is 6. The highest BCUT2D eigenvalue weighted by molar-refractivity contribution is 5.93. The van der Waals surface area contributed by atoms with E-state index in [4.69, 9.17) is 4.74 Å². The number of nitrogens with zero attached hydrogens (tertiary/aromatic N) is 3. The first-order valence-electron chi connectivity index (χ1n) is 13.9. The first kappa shape index (κ1) is 24.8. The van der Waals surface area contributed by atoms with Crippen LogP contribution in [0, 0.1) is 11.3 Å².